The fraction of sp³-hybridized carbons (Fsp3) is 0.333. The molecule has 0 aliphatic rings. The standard InChI is InChI=1S/C9H10BrN3/c1-3-7-6-4-5-8(10)11-9(6)13(2)12-7/h4-5H,3H2,1-2H3. The van der Waals surface area contributed by atoms with E-state index in [9.17, 15) is 0 Å². The molecule has 2 rings (SSSR count). The summed E-state index contributed by atoms with van der Waals surface area (Å²) in [4.78, 5) is 4.36. The summed E-state index contributed by atoms with van der Waals surface area (Å²) in [6.07, 6.45) is 0.945. The van der Waals surface area contributed by atoms with Gasteiger partial charge in [-0.05, 0) is 34.5 Å². The van der Waals surface area contributed by atoms with Crippen molar-refractivity contribution in [3.63, 3.8) is 0 Å². The molecule has 0 bridgehead atoms. The maximum Gasteiger partial charge on any atom is 0.159 e. The number of nitrogens with zero attached hydrogens (tertiary/aromatic N) is 3. The van der Waals surface area contributed by atoms with Crippen molar-refractivity contribution in [1.29, 1.82) is 0 Å². The van der Waals surface area contributed by atoms with E-state index in [0.29, 0.717) is 0 Å². The van der Waals surface area contributed by atoms with E-state index < -0.39 is 0 Å². The smallest absolute Gasteiger partial charge is 0.159 e. The molecule has 0 N–H and O–H groups in total. The van der Waals surface area contributed by atoms with Crippen molar-refractivity contribution in [3.8, 4) is 0 Å². The zero-order valence-corrected chi connectivity index (χ0v) is 9.17. The second-order valence-corrected chi connectivity index (χ2v) is 3.74. The Balaban J connectivity index is 2.80. The Bertz CT molecular complexity index is 447. The van der Waals surface area contributed by atoms with E-state index >= 15 is 0 Å². The van der Waals surface area contributed by atoms with Crippen molar-refractivity contribution in [1.82, 2.24) is 14.8 Å². The van der Waals surface area contributed by atoms with E-state index in [2.05, 4.69) is 39.0 Å². The molecule has 68 valence electrons. The largest absolute Gasteiger partial charge is 0.250 e. The number of aryl methyl sites for hydroxylation is 2. The quantitative estimate of drug-likeness (QED) is 0.716. The van der Waals surface area contributed by atoms with Gasteiger partial charge >= 0.3 is 0 Å². The average molecular weight is 240 g/mol. The minimum Gasteiger partial charge on any atom is -0.250 e. The van der Waals surface area contributed by atoms with Crippen LogP contribution in [-0.4, -0.2) is 14.8 Å². The summed E-state index contributed by atoms with van der Waals surface area (Å²) in [7, 11) is 1.92. The molecule has 0 saturated heterocycles. The lowest BCUT2D eigenvalue weighted by atomic mass is 10.2. The Labute approximate surface area is 84.9 Å². The zero-order chi connectivity index (χ0) is 9.42. The number of pyridine rings is 1. The van der Waals surface area contributed by atoms with Crippen molar-refractivity contribution < 1.29 is 0 Å². The van der Waals surface area contributed by atoms with Gasteiger partial charge in [0.15, 0.2) is 5.65 Å². The summed E-state index contributed by atoms with van der Waals surface area (Å²) in [6, 6.07) is 4.00. The number of aromatic nitrogens is 3. The minimum atomic E-state index is 0.852. The van der Waals surface area contributed by atoms with Gasteiger partial charge in [0, 0.05) is 12.4 Å². The highest BCUT2D eigenvalue weighted by Gasteiger charge is 2.07. The number of fused-ring (bicyclic) bond motifs is 1. The van der Waals surface area contributed by atoms with Crippen LogP contribution in [0.25, 0.3) is 11.0 Å². The lowest BCUT2D eigenvalue weighted by Crippen LogP contribution is -1.92. The highest BCUT2D eigenvalue weighted by molar-refractivity contribution is 9.10. The maximum absolute atomic E-state index is 4.38. The SMILES string of the molecule is CCc1nn(C)c2nc(Br)ccc12. The van der Waals surface area contributed by atoms with Crippen LogP contribution in [0.1, 0.15) is 12.6 Å². The molecule has 0 saturated carbocycles. The van der Waals surface area contributed by atoms with Crippen molar-refractivity contribution in [2.45, 2.75) is 13.3 Å². The number of rotatable bonds is 1. The molecule has 0 aromatic carbocycles. The van der Waals surface area contributed by atoms with Crippen LogP contribution in [0.15, 0.2) is 16.7 Å². The van der Waals surface area contributed by atoms with Crippen molar-refractivity contribution in [3.05, 3.63) is 22.4 Å². The summed E-state index contributed by atoms with van der Waals surface area (Å²) in [5, 5.41) is 5.53. The highest BCUT2D eigenvalue weighted by Crippen LogP contribution is 2.18. The Kier molecular flexibility index (Phi) is 2.07. The van der Waals surface area contributed by atoms with E-state index in [1.807, 2.05) is 17.8 Å². The molecule has 0 atom stereocenters. The van der Waals surface area contributed by atoms with E-state index in [4.69, 9.17) is 0 Å². The van der Waals surface area contributed by atoms with E-state index in [1.165, 1.54) is 0 Å². The Morgan fingerprint density at radius 1 is 1.46 bits per heavy atom. The van der Waals surface area contributed by atoms with Gasteiger partial charge < -0.3 is 0 Å². The molecule has 0 unspecified atom stereocenters. The van der Waals surface area contributed by atoms with Gasteiger partial charge in [0.25, 0.3) is 0 Å². The van der Waals surface area contributed by atoms with Gasteiger partial charge in [-0.3, -0.25) is 4.68 Å². The minimum absolute atomic E-state index is 0.852. The first-order valence-electron chi connectivity index (χ1n) is 4.20. The van der Waals surface area contributed by atoms with Crippen LogP contribution in [-0.2, 0) is 13.5 Å². The summed E-state index contributed by atoms with van der Waals surface area (Å²) in [5.74, 6) is 0. The summed E-state index contributed by atoms with van der Waals surface area (Å²) >= 11 is 3.35. The number of hydrogen-bond acceptors (Lipinski definition) is 2. The molecule has 0 amide bonds. The predicted molar refractivity (Wildman–Crippen MR) is 55.6 cm³/mol. The lowest BCUT2D eigenvalue weighted by molar-refractivity contribution is 0.761. The molecule has 3 nitrogen and oxygen atoms in total. The molecule has 0 aliphatic heterocycles. The summed E-state index contributed by atoms with van der Waals surface area (Å²) in [6.45, 7) is 2.10. The third-order valence-electron chi connectivity index (χ3n) is 2.06. The van der Waals surface area contributed by atoms with Crippen LogP contribution < -0.4 is 0 Å². The molecular formula is C9H10BrN3. The molecule has 0 fully saturated rings. The monoisotopic (exact) mass is 239 g/mol. The Morgan fingerprint density at radius 2 is 2.23 bits per heavy atom. The third-order valence-corrected chi connectivity index (χ3v) is 2.51. The normalized spacial score (nSPS) is 11.0. The van der Waals surface area contributed by atoms with Crippen LogP contribution in [0.3, 0.4) is 0 Å². The van der Waals surface area contributed by atoms with Gasteiger partial charge in [0.1, 0.15) is 4.60 Å². The molecule has 0 spiro atoms. The predicted octanol–water partition coefficient (Wildman–Crippen LogP) is 2.29. The average Bonchev–Trinajstić information content (AvgIpc) is 2.43. The van der Waals surface area contributed by atoms with Gasteiger partial charge in [0.05, 0.1) is 5.69 Å². The first-order valence-corrected chi connectivity index (χ1v) is 4.99. The van der Waals surface area contributed by atoms with Crippen LogP contribution >= 0.6 is 15.9 Å². The first kappa shape index (κ1) is 8.69. The molecule has 2 aromatic rings. The van der Waals surface area contributed by atoms with Gasteiger partial charge in [-0.1, -0.05) is 6.92 Å². The number of halogens is 1. The van der Waals surface area contributed by atoms with Gasteiger partial charge in [-0.15, -0.1) is 0 Å². The molecule has 2 aromatic heterocycles. The van der Waals surface area contributed by atoms with Crippen molar-refractivity contribution in [2.24, 2.45) is 7.05 Å². The van der Waals surface area contributed by atoms with Crippen LogP contribution in [0.4, 0.5) is 0 Å². The maximum atomic E-state index is 4.38. The van der Waals surface area contributed by atoms with Gasteiger partial charge in [0.2, 0.25) is 0 Å². The fourth-order valence-corrected chi connectivity index (χ4v) is 1.74. The molecular weight excluding hydrogens is 230 g/mol. The van der Waals surface area contributed by atoms with Gasteiger partial charge in [-0.25, -0.2) is 4.98 Å². The molecule has 2 heterocycles. The Hall–Kier alpha value is -0.900. The highest BCUT2D eigenvalue weighted by atomic mass is 79.9. The molecule has 4 heteroatoms. The summed E-state index contributed by atoms with van der Waals surface area (Å²) < 4.78 is 2.67. The molecule has 0 radical (unpaired) electrons. The summed E-state index contributed by atoms with van der Waals surface area (Å²) in [5.41, 5.74) is 2.05. The second kappa shape index (κ2) is 3.10. The Morgan fingerprint density at radius 3 is 2.92 bits per heavy atom. The van der Waals surface area contributed by atoms with Crippen LogP contribution in [0, 0.1) is 0 Å². The first-order chi connectivity index (χ1) is 6.22. The van der Waals surface area contributed by atoms with Crippen LogP contribution in [0.2, 0.25) is 0 Å². The van der Waals surface area contributed by atoms with Gasteiger partial charge in [-0.2, -0.15) is 5.10 Å². The molecule has 0 aliphatic carbocycles. The lowest BCUT2D eigenvalue weighted by Gasteiger charge is -1.93. The van der Waals surface area contributed by atoms with E-state index in [-0.39, 0.29) is 0 Å². The second-order valence-electron chi connectivity index (χ2n) is 2.93. The van der Waals surface area contributed by atoms with Crippen LogP contribution in [0.5, 0.6) is 0 Å². The third kappa shape index (κ3) is 1.35. The molecule has 13 heavy (non-hydrogen) atoms. The van der Waals surface area contributed by atoms with E-state index in [0.717, 1.165) is 27.8 Å². The zero-order valence-electron chi connectivity index (χ0n) is 7.58. The fourth-order valence-electron chi connectivity index (χ4n) is 1.44. The number of hydrogen-bond donors (Lipinski definition) is 0. The van der Waals surface area contributed by atoms with E-state index in [1.54, 1.807) is 0 Å². The van der Waals surface area contributed by atoms with Crippen molar-refractivity contribution in [2.75, 3.05) is 0 Å². The van der Waals surface area contributed by atoms with Crippen molar-refractivity contribution >= 4 is 27.0 Å². The topological polar surface area (TPSA) is 30.7 Å².